The molecule has 0 saturated carbocycles. The lowest BCUT2D eigenvalue weighted by Gasteiger charge is -2.08. The second-order valence-electron chi connectivity index (χ2n) is 5.76. The Bertz CT molecular complexity index is 806. The van der Waals surface area contributed by atoms with E-state index in [9.17, 15) is 0 Å². The molecule has 2 aromatic carbocycles. The Balaban J connectivity index is 1.84. The molecule has 0 amide bonds. The molecular formula is C19H19ClN2O. The summed E-state index contributed by atoms with van der Waals surface area (Å²) in [5.41, 5.74) is 3.29. The largest absolute Gasteiger partial charge is 0.456 e. The van der Waals surface area contributed by atoms with E-state index in [1.54, 1.807) is 0 Å². The van der Waals surface area contributed by atoms with E-state index in [-0.39, 0.29) is 0 Å². The first-order valence-electron chi connectivity index (χ1n) is 7.63. The van der Waals surface area contributed by atoms with Crippen LogP contribution < -0.4 is 4.74 Å². The summed E-state index contributed by atoms with van der Waals surface area (Å²) >= 11 is 6.12. The van der Waals surface area contributed by atoms with Gasteiger partial charge < -0.3 is 4.74 Å². The van der Waals surface area contributed by atoms with Gasteiger partial charge in [-0.2, -0.15) is 5.10 Å². The normalized spacial score (nSPS) is 11.0. The fraction of sp³-hybridized carbons (Fsp3) is 0.211. The van der Waals surface area contributed by atoms with Gasteiger partial charge in [0, 0.05) is 17.8 Å². The molecule has 0 saturated heterocycles. The molecule has 0 aliphatic carbocycles. The summed E-state index contributed by atoms with van der Waals surface area (Å²) in [5, 5.41) is 5.16. The third-order valence-electron chi connectivity index (χ3n) is 3.68. The average Bonchev–Trinajstić information content (AvgIpc) is 2.93. The van der Waals surface area contributed by atoms with E-state index < -0.39 is 0 Å². The Kier molecular flexibility index (Phi) is 4.39. The summed E-state index contributed by atoms with van der Waals surface area (Å²) in [7, 11) is 0. The first-order valence-corrected chi connectivity index (χ1v) is 8.01. The van der Waals surface area contributed by atoms with E-state index in [2.05, 4.69) is 25.1 Å². The van der Waals surface area contributed by atoms with E-state index >= 15 is 0 Å². The molecular weight excluding hydrogens is 308 g/mol. The number of aryl methyl sites for hydroxylation is 1. The van der Waals surface area contributed by atoms with Crippen LogP contribution in [0.2, 0.25) is 5.02 Å². The average molecular weight is 327 g/mol. The number of ether oxygens (including phenoxy) is 1. The van der Waals surface area contributed by atoms with Crippen molar-refractivity contribution in [1.82, 2.24) is 9.78 Å². The molecule has 23 heavy (non-hydrogen) atoms. The number of para-hydroxylation sites is 1. The second-order valence-corrected chi connectivity index (χ2v) is 6.17. The monoisotopic (exact) mass is 326 g/mol. The maximum Gasteiger partial charge on any atom is 0.146 e. The van der Waals surface area contributed by atoms with Gasteiger partial charge in [0.05, 0.1) is 10.7 Å². The SMILES string of the molecule is Cc1nn(C(C)C)cc1-c1ccc(Oc2ccccc2Cl)cc1. The van der Waals surface area contributed by atoms with Crippen LogP contribution in [0.4, 0.5) is 0 Å². The van der Waals surface area contributed by atoms with Crippen LogP contribution in [0.3, 0.4) is 0 Å². The van der Waals surface area contributed by atoms with Gasteiger partial charge in [0.15, 0.2) is 0 Å². The predicted octanol–water partition coefficient (Wildman–Crippen LogP) is 5.89. The van der Waals surface area contributed by atoms with Crippen LogP contribution in [0, 0.1) is 6.92 Å². The predicted molar refractivity (Wildman–Crippen MR) is 94.3 cm³/mol. The smallest absolute Gasteiger partial charge is 0.146 e. The first-order chi connectivity index (χ1) is 11.0. The molecule has 4 heteroatoms. The molecule has 0 atom stereocenters. The van der Waals surface area contributed by atoms with Crippen molar-refractivity contribution in [2.24, 2.45) is 0 Å². The van der Waals surface area contributed by atoms with Crippen molar-refractivity contribution in [2.75, 3.05) is 0 Å². The van der Waals surface area contributed by atoms with Gasteiger partial charge in [-0.15, -0.1) is 0 Å². The summed E-state index contributed by atoms with van der Waals surface area (Å²) in [6.45, 7) is 6.27. The van der Waals surface area contributed by atoms with Gasteiger partial charge in [-0.3, -0.25) is 4.68 Å². The minimum atomic E-state index is 0.352. The van der Waals surface area contributed by atoms with Crippen LogP contribution >= 0.6 is 11.6 Å². The van der Waals surface area contributed by atoms with Gasteiger partial charge in [-0.05, 0) is 50.6 Å². The molecule has 3 nitrogen and oxygen atoms in total. The summed E-state index contributed by atoms with van der Waals surface area (Å²) in [4.78, 5) is 0. The number of halogens is 1. The lowest BCUT2D eigenvalue weighted by atomic mass is 10.1. The van der Waals surface area contributed by atoms with E-state index in [4.69, 9.17) is 16.3 Å². The molecule has 0 aliphatic heterocycles. The van der Waals surface area contributed by atoms with Crippen molar-refractivity contribution < 1.29 is 4.74 Å². The van der Waals surface area contributed by atoms with Gasteiger partial charge in [0.25, 0.3) is 0 Å². The van der Waals surface area contributed by atoms with Gasteiger partial charge in [-0.1, -0.05) is 35.9 Å². The maximum atomic E-state index is 6.12. The molecule has 0 spiro atoms. The number of nitrogens with zero attached hydrogens (tertiary/aromatic N) is 2. The van der Waals surface area contributed by atoms with Crippen LogP contribution in [0.1, 0.15) is 25.6 Å². The van der Waals surface area contributed by atoms with E-state index in [0.29, 0.717) is 16.8 Å². The highest BCUT2D eigenvalue weighted by atomic mass is 35.5. The summed E-state index contributed by atoms with van der Waals surface area (Å²) in [6, 6.07) is 15.8. The van der Waals surface area contributed by atoms with Gasteiger partial charge in [0.2, 0.25) is 0 Å². The molecule has 0 fully saturated rings. The van der Waals surface area contributed by atoms with Crippen molar-refractivity contribution in [2.45, 2.75) is 26.8 Å². The van der Waals surface area contributed by atoms with Crippen LogP contribution in [0.5, 0.6) is 11.5 Å². The lowest BCUT2D eigenvalue weighted by molar-refractivity contribution is 0.483. The fourth-order valence-electron chi connectivity index (χ4n) is 2.39. The van der Waals surface area contributed by atoms with Gasteiger partial charge >= 0.3 is 0 Å². The topological polar surface area (TPSA) is 27.1 Å². The highest BCUT2D eigenvalue weighted by Crippen LogP contribution is 2.31. The van der Waals surface area contributed by atoms with E-state index in [0.717, 1.165) is 22.6 Å². The Morgan fingerprint density at radius 2 is 1.74 bits per heavy atom. The Hall–Kier alpha value is -2.26. The number of rotatable bonds is 4. The minimum Gasteiger partial charge on any atom is -0.456 e. The van der Waals surface area contributed by atoms with E-state index in [1.807, 2.05) is 60.1 Å². The summed E-state index contributed by atoms with van der Waals surface area (Å²) < 4.78 is 7.81. The van der Waals surface area contributed by atoms with Crippen molar-refractivity contribution >= 4 is 11.6 Å². The second kappa shape index (κ2) is 6.47. The van der Waals surface area contributed by atoms with Gasteiger partial charge in [-0.25, -0.2) is 0 Å². The van der Waals surface area contributed by atoms with Crippen LogP contribution in [0.15, 0.2) is 54.7 Å². The molecule has 0 radical (unpaired) electrons. The molecule has 0 aliphatic rings. The molecule has 3 aromatic rings. The third-order valence-corrected chi connectivity index (χ3v) is 3.99. The van der Waals surface area contributed by atoms with Crippen LogP contribution in [-0.4, -0.2) is 9.78 Å². The molecule has 0 unspecified atom stereocenters. The molecule has 3 rings (SSSR count). The van der Waals surface area contributed by atoms with Crippen molar-refractivity contribution in [1.29, 1.82) is 0 Å². The van der Waals surface area contributed by atoms with Crippen LogP contribution in [0.25, 0.3) is 11.1 Å². The van der Waals surface area contributed by atoms with Crippen molar-refractivity contribution in [3.8, 4) is 22.6 Å². The third kappa shape index (κ3) is 3.40. The first kappa shape index (κ1) is 15.6. The Labute approximate surface area is 141 Å². The number of hydrogen-bond acceptors (Lipinski definition) is 2. The zero-order chi connectivity index (χ0) is 16.4. The standard InChI is InChI=1S/C19H19ClN2O/c1-13(2)22-12-17(14(3)21-22)15-8-10-16(11-9-15)23-19-7-5-4-6-18(19)20/h4-13H,1-3H3. The Morgan fingerprint density at radius 1 is 1.04 bits per heavy atom. The van der Waals surface area contributed by atoms with Gasteiger partial charge in [0.1, 0.15) is 11.5 Å². The number of hydrogen-bond donors (Lipinski definition) is 0. The molecule has 1 heterocycles. The maximum absolute atomic E-state index is 6.12. The summed E-state index contributed by atoms with van der Waals surface area (Å²) in [6.07, 6.45) is 2.09. The molecule has 1 aromatic heterocycles. The van der Waals surface area contributed by atoms with Crippen molar-refractivity contribution in [3.63, 3.8) is 0 Å². The zero-order valence-electron chi connectivity index (χ0n) is 13.5. The highest BCUT2D eigenvalue weighted by Gasteiger charge is 2.09. The molecule has 0 bridgehead atoms. The van der Waals surface area contributed by atoms with Crippen molar-refractivity contribution in [3.05, 3.63) is 65.4 Å². The fourth-order valence-corrected chi connectivity index (χ4v) is 2.56. The molecule has 118 valence electrons. The zero-order valence-corrected chi connectivity index (χ0v) is 14.2. The highest BCUT2D eigenvalue weighted by molar-refractivity contribution is 6.32. The number of benzene rings is 2. The van der Waals surface area contributed by atoms with Crippen LogP contribution in [-0.2, 0) is 0 Å². The molecule has 0 N–H and O–H groups in total. The summed E-state index contributed by atoms with van der Waals surface area (Å²) in [5.74, 6) is 1.42. The quantitative estimate of drug-likeness (QED) is 0.598. The lowest BCUT2D eigenvalue weighted by Crippen LogP contribution is -2.00. The van der Waals surface area contributed by atoms with E-state index in [1.165, 1.54) is 0 Å². The Morgan fingerprint density at radius 3 is 2.35 bits per heavy atom. The number of aromatic nitrogens is 2. The minimum absolute atomic E-state index is 0.352.